The monoisotopic (exact) mass is 1380 g/mol. The van der Waals surface area contributed by atoms with E-state index in [1.165, 1.54) is 104 Å². The van der Waals surface area contributed by atoms with Gasteiger partial charge in [0.1, 0.15) is 66.1 Å². The van der Waals surface area contributed by atoms with Crippen LogP contribution in [0.2, 0.25) is 0 Å². The number of fused-ring (bicyclic) bond motifs is 5. The maximum Gasteiger partial charge on any atom is 0.270 e. The molecule has 29 heteroatoms. The number of carbonyl (C=O) groups excluding carboxylic acids is 12. The minimum Gasteiger partial charge on any atom is -0.393 e. The SMILES string of the molecule is CCC(C)C1NC(=O)C(C(C)C)N(C)C(=O)C2CC3(O)c4ccccc4NC3N2C(=O)CN(C)C(=O)C(C(C)CC)N(C)C(=O)C(C(C)C)NC(=O)C(O)N(C)C(=O)C(C(C)C(C)O)N(C)C(=O)C(C(C)(C)O)N(C)C(=O)CN(C)C(=O)C(C(C)C)N(C)C(=O)C(C(C)C)N(C)C1=O. The summed E-state index contributed by atoms with van der Waals surface area (Å²) in [5, 5.41) is 55.8. The number of benzene rings is 1. The topological polar surface area (TPSA) is 354 Å². The average molecular weight is 1380 g/mol. The lowest BCUT2D eigenvalue weighted by molar-refractivity contribution is -0.165. The van der Waals surface area contributed by atoms with Gasteiger partial charge in [0.15, 0.2) is 0 Å². The van der Waals surface area contributed by atoms with Crippen LogP contribution in [0.1, 0.15) is 136 Å². The van der Waals surface area contributed by atoms with Crippen molar-refractivity contribution in [2.75, 3.05) is 81.8 Å². The van der Waals surface area contributed by atoms with Gasteiger partial charge in [0.25, 0.3) is 5.91 Å². The summed E-state index contributed by atoms with van der Waals surface area (Å²) in [6, 6.07) is -6.10. The summed E-state index contributed by atoms with van der Waals surface area (Å²) in [6.07, 6.45) is -4.65. The number of likely N-dealkylation sites (N-methyl/N-ethyl adjacent to an activating group) is 9. The van der Waals surface area contributed by atoms with Gasteiger partial charge in [0.2, 0.25) is 71.2 Å². The van der Waals surface area contributed by atoms with Crippen LogP contribution in [0.4, 0.5) is 5.69 Å². The fourth-order valence-corrected chi connectivity index (χ4v) is 14.0. The lowest BCUT2D eigenvalue weighted by Gasteiger charge is -2.43. The molecule has 1 aromatic rings. The number of para-hydroxylation sites is 1. The van der Waals surface area contributed by atoms with Crippen LogP contribution in [-0.4, -0.2) is 295 Å². The quantitative estimate of drug-likeness (QED) is 0.157. The number of hydrogen-bond acceptors (Lipinski definition) is 17. The van der Waals surface area contributed by atoms with Gasteiger partial charge in [-0.25, -0.2) is 0 Å². The molecular formula is C69H115N13O16. The second kappa shape index (κ2) is 33.1. The van der Waals surface area contributed by atoms with Crippen LogP contribution >= 0.6 is 0 Å². The Bertz CT molecular complexity index is 3100. The largest absolute Gasteiger partial charge is 0.393 e. The van der Waals surface area contributed by atoms with Crippen molar-refractivity contribution in [3.8, 4) is 0 Å². The zero-order chi connectivity index (χ0) is 75.3. The maximum absolute atomic E-state index is 15.4. The van der Waals surface area contributed by atoms with E-state index in [4.69, 9.17) is 0 Å². The van der Waals surface area contributed by atoms with Crippen LogP contribution in [-0.2, 0) is 63.1 Å². The summed E-state index contributed by atoms with van der Waals surface area (Å²) in [5.41, 5.74) is -3.09. The van der Waals surface area contributed by atoms with Gasteiger partial charge in [0, 0.05) is 87.0 Å². The van der Waals surface area contributed by atoms with Crippen molar-refractivity contribution in [3.63, 3.8) is 0 Å². The third-order valence-corrected chi connectivity index (χ3v) is 20.4. The number of rotatable bonds is 11. The highest BCUT2D eigenvalue weighted by Crippen LogP contribution is 2.50. The summed E-state index contributed by atoms with van der Waals surface area (Å²) in [6.45, 7) is 24.2. The molecule has 3 aliphatic rings. The Hall–Kier alpha value is -7.50. The number of aliphatic hydroxyl groups is 4. The zero-order valence-corrected chi connectivity index (χ0v) is 62.5. The number of carbonyl (C=O) groups is 12. The minimum absolute atomic E-state index is 0.319. The summed E-state index contributed by atoms with van der Waals surface area (Å²) < 4.78 is 0. The first-order chi connectivity index (χ1) is 45.1. The first-order valence-electron chi connectivity index (χ1n) is 34.1. The lowest BCUT2D eigenvalue weighted by atomic mass is 9.90. The van der Waals surface area contributed by atoms with Crippen LogP contribution in [0.5, 0.6) is 0 Å². The second-order valence-electron chi connectivity index (χ2n) is 29.6. The molecule has 16 unspecified atom stereocenters. The van der Waals surface area contributed by atoms with Gasteiger partial charge in [-0.15, -0.1) is 0 Å². The molecule has 2 saturated heterocycles. The number of hydrogen-bond donors (Lipinski definition) is 7. The van der Waals surface area contributed by atoms with E-state index in [1.54, 1.807) is 100 Å². The fourth-order valence-electron chi connectivity index (χ4n) is 14.0. The standard InChI is InChI=1S/C69H115N13O16/c1-26-39(11)49-60(90)77(21)52(38(9)10)63(93)78(22)51(37(7)8)61(91)73(17)33-46(84)75(19)55(68(15,16)97)65(95)80(24)54(41(13)42(14)83)64(94)81(25)66(96)57(87)71-48(35(3)4)59(89)79(23)53(40(12)27-2)62(92)74(18)34-47(85)82-45(58(88)76(20)50(36(5)6)56(86)72-49)32-69(98)43-30-28-29-31-44(43)70-67(69)82/h28-31,35-42,45,48-55,66-67,70,83,96-98H,26-27,32-34H2,1-25H3,(H,71,87)(H,72,86). The molecule has 0 spiro atoms. The van der Waals surface area contributed by atoms with Gasteiger partial charge in [-0.05, 0) is 62.3 Å². The zero-order valence-electron chi connectivity index (χ0n) is 62.5. The highest BCUT2D eigenvalue weighted by Gasteiger charge is 2.61. The molecule has 12 amide bonds. The van der Waals surface area contributed by atoms with Crippen LogP contribution in [0, 0.1) is 41.4 Å². The summed E-state index contributed by atoms with van der Waals surface area (Å²) in [4.78, 5) is 189. The third kappa shape index (κ3) is 17.2. The van der Waals surface area contributed by atoms with Crippen LogP contribution in [0.3, 0.4) is 0 Å². The van der Waals surface area contributed by atoms with Crippen molar-refractivity contribution >= 4 is 76.6 Å². The van der Waals surface area contributed by atoms with Crippen molar-refractivity contribution in [1.82, 2.24) is 59.6 Å². The molecule has 552 valence electrons. The fraction of sp³-hybridized carbons (Fsp3) is 0.739. The number of anilines is 1. The summed E-state index contributed by atoms with van der Waals surface area (Å²) in [5.74, 6) is -15.1. The maximum atomic E-state index is 15.4. The third-order valence-electron chi connectivity index (χ3n) is 20.4. The second-order valence-corrected chi connectivity index (χ2v) is 29.6. The van der Waals surface area contributed by atoms with E-state index in [-0.39, 0.29) is 6.42 Å². The molecule has 1 aromatic carbocycles. The molecule has 3 aliphatic heterocycles. The van der Waals surface area contributed by atoms with Gasteiger partial charge >= 0.3 is 0 Å². The van der Waals surface area contributed by atoms with E-state index in [0.717, 1.165) is 31.5 Å². The molecule has 98 heavy (non-hydrogen) atoms. The van der Waals surface area contributed by atoms with Gasteiger partial charge < -0.3 is 85.4 Å². The number of nitrogens with one attached hydrogen (secondary N) is 3. The molecule has 4 rings (SSSR count). The molecule has 7 N–H and O–H groups in total. The first-order valence-corrected chi connectivity index (χ1v) is 34.1. The van der Waals surface area contributed by atoms with E-state index < -0.39 is 209 Å². The molecule has 16 atom stereocenters. The average Bonchev–Trinajstić information content (AvgIpc) is 1.55. The smallest absolute Gasteiger partial charge is 0.270 e. The van der Waals surface area contributed by atoms with Crippen molar-refractivity contribution in [3.05, 3.63) is 29.8 Å². The summed E-state index contributed by atoms with van der Waals surface area (Å²) >= 11 is 0. The molecule has 2 fully saturated rings. The minimum atomic E-state index is -2.36. The van der Waals surface area contributed by atoms with E-state index in [0.29, 0.717) is 29.0 Å². The van der Waals surface area contributed by atoms with Crippen LogP contribution < -0.4 is 16.0 Å². The Morgan fingerprint density at radius 3 is 1.41 bits per heavy atom. The summed E-state index contributed by atoms with van der Waals surface area (Å²) in [7, 11) is 11.6. The van der Waals surface area contributed by atoms with Crippen LogP contribution in [0.15, 0.2) is 24.3 Å². The molecule has 3 heterocycles. The van der Waals surface area contributed by atoms with Crippen molar-refractivity contribution in [2.24, 2.45) is 41.4 Å². The molecule has 0 aromatic heterocycles. The molecule has 0 saturated carbocycles. The predicted octanol–water partition coefficient (Wildman–Crippen LogP) is 0.369. The van der Waals surface area contributed by atoms with E-state index in [2.05, 4.69) is 16.0 Å². The van der Waals surface area contributed by atoms with Crippen molar-refractivity contribution < 1.29 is 78.0 Å². The lowest BCUT2D eigenvalue weighted by Crippen LogP contribution is -2.65. The highest BCUT2D eigenvalue weighted by atomic mass is 16.3. The Labute approximate surface area is 579 Å². The first kappa shape index (κ1) is 82.9. The Kier molecular flexibility index (Phi) is 28.0. The van der Waals surface area contributed by atoms with Gasteiger partial charge in [-0.2, -0.15) is 0 Å². The van der Waals surface area contributed by atoms with Gasteiger partial charge in [-0.1, -0.05) is 121 Å². The molecule has 0 aliphatic carbocycles. The number of aliphatic hydroxyl groups excluding tert-OH is 2. The van der Waals surface area contributed by atoms with E-state index >= 15 is 28.8 Å². The van der Waals surface area contributed by atoms with E-state index in [9.17, 15) is 49.2 Å². The highest BCUT2D eigenvalue weighted by molar-refractivity contribution is 6.00. The predicted molar refractivity (Wildman–Crippen MR) is 366 cm³/mol. The molecular weight excluding hydrogens is 1270 g/mol. The number of nitrogens with zero attached hydrogens (tertiary/aromatic N) is 10. The van der Waals surface area contributed by atoms with Crippen molar-refractivity contribution in [1.29, 1.82) is 0 Å². The van der Waals surface area contributed by atoms with Gasteiger partial charge in [0.05, 0.1) is 24.8 Å². The van der Waals surface area contributed by atoms with Crippen molar-refractivity contribution in [2.45, 2.75) is 214 Å². The Balaban J connectivity index is 1.97. The molecule has 29 nitrogen and oxygen atoms in total. The van der Waals surface area contributed by atoms with Crippen LogP contribution in [0.25, 0.3) is 0 Å². The Morgan fingerprint density at radius 1 is 0.490 bits per heavy atom. The van der Waals surface area contributed by atoms with Gasteiger partial charge in [-0.3, -0.25) is 57.5 Å². The van der Waals surface area contributed by atoms with E-state index in [1.807, 2.05) is 6.92 Å². The number of amides is 12. The molecule has 0 radical (unpaired) electrons. The normalized spacial score (nSPS) is 29.3. The Morgan fingerprint density at radius 2 is 0.918 bits per heavy atom. The molecule has 0 bridgehead atoms.